The molecule has 0 aliphatic carbocycles. The number of nitrogens with two attached hydrogens (primary N) is 1. The van der Waals surface area contributed by atoms with Crippen molar-refractivity contribution in [1.29, 1.82) is 5.26 Å². The van der Waals surface area contributed by atoms with Gasteiger partial charge in [-0.15, -0.1) is 0 Å². The maximum atomic E-state index is 13.4. The van der Waals surface area contributed by atoms with Crippen LogP contribution in [0.1, 0.15) is 27.3 Å². The van der Waals surface area contributed by atoms with E-state index >= 15 is 0 Å². The van der Waals surface area contributed by atoms with Gasteiger partial charge in [-0.3, -0.25) is 13.9 Å². The van der Waals surface area contributed by atoms with E-state index in [4.69, 9.17) is 5.73 Å². The Hall–Kier alpha value is -4.63. The summed E-state index contributed by atoms with van der Waals surface area (Å²) in [6.07, 6.45) is 1.00. The number of carbonyl (C=O) groups excluding carboxylic acids is 2. The molecule has 0 radical (unpaired) electrons. The van der Waals surface area contributed by atoms with Gasteiger partial charge in [0.25, 0.3) is 5.91 Å². The lowest BCUT2D eigenvalue weighted by atomic mass is 10.1. The Kier molecular flexibility index (Phi) is 10.0. The lowest BCUT2D eigenvalue weighted by molar-refractivity contribution is -0.119. The van der Waals surface area contributed by atoms with Gasteiger partial charge in [0.1, 0.15) is 11.8 Å². The van der Waals surface area contributed by atoms with Crippen LogP contribution in [0, 0.1) is 18.3 Å². The van der Waals surface area contributed by atoms with Crippen LogP contribution in [0.25, 0.3) is 0 Å². The second-order valence-electron chi connectivity index (χ2n) is 10.2. The maximum absolute atomic E-state index is 13.4. The summed E-state index contributed by atoms with van der Waals surface area (Å²) in [4.78, 5) is 35.4. The largest absolute Gasteiger partial charge is 0.351 e. The van der Waals surface area contributed by atoms with Crippen LogP contribution in [0.4, 0.5) is 17.3 Å². The number of carbonyl (C=O) groups is 2. The van der Waals surface area contributed by atoms with Crippen LogP contribution in [-0.4, -0.2) is 89.0 Å². The van der Waals surface area contributed by atoms with E-state index < -0.39 is 31.9 Å². The molecule has 4 rings (SSSR count). The van der Waals surface area contributed by atoms with Crippen LogP contribution in [-0.2, 0) is 31.4 Å². The molecule has 1 saturated heterocycles. The molecule has 3 aromatic rings. The molecule has 0 bridgehead atoms. The van der Waals surface area contributed by atoms with E-state index in [1.807, 2.05) is 11.0 Å². The first kappa shape index (κ1) is 33.3. The molecule has 0 spiro atoms. The van der Waals surface area contributed by atoms with Crippen molar-refractivity contribution in [3.05, 3.63) is 71.0 Å². The van der Waals surface area contributed by atoms with Crippen LogP contribution < -0.4 is 25.6 Å². The molecule has 2 amide bonds. The number of nitriles is 1. The van der Waals surface area contributed by atoms with Gasteiger partial charge in [-0.25, -0.2) is 26.8 Å². The highest BCUT2D eigenvalue weighted by Gasteiger charge is 2.30. The average molecular weight is 656 g/mol. The van der Waals surface area contributed by atoms with Crippen LogP contribution in [0.5, 0.6) is 0 Å². The van der Waals surface area contributed by atoms with Crippen LogP contribution in [0.2, 0.25) is 0 Å². The smallest absolute Gasteiger partial charge is 0.257 e. The molecule has 2 heterocycles. The molecule has 238 valence electrons. The van der Waals surface area contributed by atoms with Crippen molar-refractivity contribution in [1.82, 2.24) is 19.6 Å². The van der Waals surface area contributed by atoms with Gasteiger partial charge in [-0.1, -0.05) is 6.07 Å². The number of aromatic nitrogens is 2. The summed E-state index contributed by atoms with van der Waals surface area (Å²) in [5.74, 6) is -0.665. The monoisotopic (exact) mass is 655 g/mol. The van der Waals surface area contributed by atoms with Gasteiger partial charge in [0.15, 0.2) is 0 Å². The van der Waals surface area contributed by atoms with Crippen molar-refractivity contribution in [3.63, 3.8) is 0 Å². The van der Waals surface area contributed by atoms with Crippen molar-refractivity contribution < 1.29 is 26.4 Å². The van der Waals surface area contributed by atoms with Crippen LogP contribution in [0.15, 0.2) is 53.4 Å². The van der Waals surface area contributed by atoms with Crippen molar-refractivity contribution in [3.8, 4) is 6.07 Å². The van der Waals surface area contributed by atoms with E-state index in [-0.39, 0.29) is 53.7 Å². The van der Waals surface area contributed by atoms with Gasteiger partial charge in [-0.2, -0.15) is 9.57 Å². The lowest BCUT2D eigenvalue weighted by Crippen LogP contribution is -2.49. The molecule has 4 N–H and O–H groups in total. The lowest BCUT2D eigenvalue weighted by Gasteiger charge is -2.34. The minimum Gasteiger partial charge on any atom is -0.351 e. The number of amides is 2. The zero-order valence-electron chi connectivity index (χ0n) is 24.9. The Morgan fingerprint density at radius 3 is 2.29 bits per heavy atom. The minimum atomic E-state index is -3.86. The van der Waals surface area contributed by atoms with E-state index in [1.165, 1.54) is 47.8 Å². The number of benzene rings is 2. The molecular formula is C28H33N9O6S2. The summed E-state index contributed by atoms with van der Waals surface area (Å²) < 4.78 is 53.5. The van der Waals surface area contributed by atoms with Crippen molar-refractivity contribution in [2.45, 2.75) is 18.4 Å². The van der Waals surface area contributed by atoms with Crippen molar-refractivity contribution >= 4 is 49.2 Å². The summed E-state index contributed by atoms with van der Waals surface area (Å²) >= 11 is 0. The first-order chi connectivity index (χ1) is 21.2. The molecule has 1 aromatic heterocycles. The normalized spacial score (nSPS) is 14.0. The van der Waals surface area contributed by atoms with Crippen molar-refractivity contribution in [2.24, 2.45) is 5.73 Å². The van der Waals surface area contributed by atoms with E-state index in [1.54, 1.807) is 19.1 Å². The number of hydrogen-bond donors (Lipinski definition) is 3. The Balaban J connectivity index is 1.48. The SMILES string of the molecule is Cc1cc(C#N)nc(N2CCN(S(=O)(=O)c3ccc(NC(=O)c4cc(CNC(=O)CN)ccc4N(C)S(C)(=O)=O)cc3)CC2)n1. The average Bonchev–Trinajstić information content (AvgIpc) is 3.02. The van der Waals surface area contributed by atoms with E-state index in [0.717, 1.165) is 10.6 Å². The standard InChI is InChI=1S/C28H33N9O6S2/c1-19-14-22(16-29)34-28(32-19)36-10-12-37(13-11-36)45(42,43)23-7-5-21(6-8-23)33-27(39)24-15-20(18-31-26(38)17-30)4-9-25(24)35(2)44(3,40)41/h4-9,14-15H,10-13,17-18,30H2,1-3H3,(H,31,38)(H,33,39). The molecule has 0 saturated carbocycles. The molecule has 0 atom stereocenters. The molecule has 0 unspecified atom stereocenters. The topological polar surface area (TPSA) is 212 Å². The fourth-order valence-electron chi connectivity index (χ4n) is 4.54. The molecule has 1 aliphatic rings. The number of aryl methyl sites for hydroxylation is 1. The van der Waals surface area contributed by atoms with Gasteiger partial charge in [0.05, 0.1) is 28.9 Å². The summed E-state index contributed by atoms with van der Waals surface area (Å²) in [5, 5.41) is 14.5. The third-order valence-corrected chi connectivity index (χ3v) is 10.2. The fourth-order valence-corrected chi connectivity index (χ4v) is 6.48. The van der Waals surface area contributed by atoms with Gasteiger partial charge >= 0.3 is 0 Å². The summed E-state index contributed by atoms with van der Waals surface area (Å²) in [6.45, 7) is 2.64. The Bertz CT molecular complexity index is 1850. The number of piperazine rings is 1. The van der Waals surface area contributed by atoms with E-state index in [2.05, 4.69) is 20.6 Å². The highest BCUT2D eigenvalue weighted by molar-refractivity contribution is 7.92. The zero-order chi connectivity index (χ0) is 32.9. The van der Waals surface area contributed by atoms with Gasteiger partial charge < -0.3 is 21.3 Å². The van der Waals surface area contributed by atoms with Crippen molar-refractivity contribution in [2.75, 3.05) is 60.5 Å². The number of anilines is 3. The fraction of sp³-hybridized carbons (Fsp3) is 0.321. The summed E-state index contributed by atoms with van der Waals surface area (Å²) in [5.41, 5.74) is 7.16. The van der Waals surface area contributed by atoms with Crippen LogP contribution in [0.3, 0.4) is 0 Å². The minimum absolute atomic E-state index is 0.0245. The van der Waals surface area contributed by atoms with Gasteiger partial charge in [0, 0.05) is 51.2 Å². The van der Waals surface area contributed by atoms with Gasteiger partial charge in [-0.05, 0) is 55.0 Å². The first-order valence-corrected chi connectivity index (χ1v) is 17.0. The second kappa shape index (κ2) is 13.6. The Labute approximate surface area is 261 Å². The number of rotatable bonds is 10. The second-order valence-corrected chi connectivity index (χ2v) is 14.2. The molecule has 17 heteroatoms. The molecule has 45 heavy (non-hydrogen) atoms. The Morgan fingerprint density at radius 1 is 1.02 bits per heavy atom. The quantitative estimate of drug-likeness (QED) is 0.272. The number of sulfonamides is 2. The summed E-state index contributed by atoms with van der Waals surface area (Å²) in [6, 6.07) is 13.7. The number of nitrogens with zero attached hydrogens (tertiary/aromatic N) is 6. The predicted molar refractivity (Wildman–Crippen MR) is 167 cm³/mol. The zero-order valence-corrected chi connectivity index (χ0v) is 26.5. The highest BCUT2D eigenvalue weighted by atomic mass is 32.2. The molecule has 2 aromatic carbocycles. The highest BCUT2D eigenvalue weighted by Crippen LogP contribution is 2.26. The van der Waals surface area contributed by atoms with E-state index in [0.29, 0.717) is 30.3 Å². The Morgan fingerprint density at radius 2 is 1.69 bits per heavy atom. The molecule has 15 nitrogen and oxygen atoms in total. The number of nitrogens with one attached hydrogen (secondary N) is 2. The first-order valence-electron chi connectivity index (χ1n) is 13.7. The third-order valence-electron chi connectivity index (χ3n) is 7.05. The van der Waals surface area contributed by atoms with Gasteiger partial charge in [0.2, 0.25) is 31.9 Å². The molecular weight excluding hydrogens is 622 g/mol. The predicted octanol–water partition coefficient (Wildman–Crippen LogP) is 0.391. The number of hydrogen-bond acceptors (Lipinski definition) is 11. The maximum Gasteiger partial charge on any atom is 0.257 e. The van der Waals surface area contributed by atoms with Crippen LogP contribution >= 0.6 is 0 Å². The van der Waals surface area contributed by atoms with E-state index in [9.17, 15) is 31.7 Å². The molecule has 1 fully saturated rings. The third kappa shape index (κ3) is 7.91. The summed E-state index contributed by atoms with van der Waals surface area (Å²) in [7, 11) is -6.26. The molecule has 1 aliphatic heterocycles.